The predicted octanol–water partition coefficient (Wildman–Crippen LogP) is 3.13. The molecule has 0 atom stereocenters. The standard InChI is InChI=1S/C15H18N2O4/c1-9-6-5-7-11-10(9)8-12(13(18)19)17(11)16-14(20)21-15(2,3)4/h5-8H,1-4H3,(H,16,20)(H,18,19). The summed E-state index contributed by atoms with van der Waals surface area (Å²) in [5.74, 6) is -1.12. The number of ether oxygens (including phenoxy) is 1. The maximum absolute atomic E-state index is 11.9. The molecule has 0 fully saturated rings. The third kappa shape index (κ3) is 3.16. The van der Waals surface area contributed by atoms with Gasteiger partial charge in [0.2, 0.25) is 0 Å². The van der Waals surface area contributed by atoms with Crippen LogP contribution in [0.15, 0.2) is 24.3 Å². The molecule has 0 spiro atoms. The summed E-state index contributed by atoms with van der Waals surface area (Å²) >= 11 is 0. The number of carboxylic acids is 1. The van der Waals surface area contributed by atoms with Crippen LogP contribution in [-0.4, -0.2) is 27.4 Å². The average Bonchev–Trinajstić information content (AvgIpc) is 2.67. The number of nitrogens with one attached hydrogen (secondary N) is 1. The number of nitrogens with zero attached hydrogens (tertiary/aromatic N) is 1. The van der Waals surface area contributed by atoms with Crippen LogP contribution in [0.5, 0.6) is 0 Å². The van der Waals surface area contributed by atoms with E-state index in [1.165, 1.54) is 10.7 Å². The summed E-state index contributed by atoms with van der Waals surface area (Å²) in [4.78, 5) is 23.2. The molecule has 0 bridgehead atoms. The smallest absolute Gasteiger partial charge is 0.426 e. The van der Waals surface area contributed by atoms with Crippen LogP contribution in [0.25, 0.3) is 10.9 Å². The molecule has 1 aromatic heterocycles. The summed E-state index contributed by atoms with van der Waals surface area (Å²) in [6.45, 7) is 7.10. The number of hydrogen-bond acceptors (Lipinski definition) is 3. The molecule has 0 aliphatic carbocycles. The second-order valence-electron chi connectivity index (χ2n) is 5.79. The fourth-order valence-electron chi connectivity index (χ4n) is 2.05. The minimum absolute atomic E-state index is 0.0230. The van der Waals surface area contributed by atoms with Gasteiger partial charge in [-0.05, 0) is 45.4 Å². The van der Waals surface area contributed by atoms with Crippen LogP contribution in [0.3, 0.4) is 0 Å². The Balaban J connectivity index is 2.47. The lowest BCUT2D eigenvalue weighted by Gasteiger charge is -2.20. The molecule has 0 aliphatic rings. The van der Waals surface area contributed by atoms with Crippen molar-refractivity contribution in [1.82, 2.24) is 4.68 Å². The van der Waals surface area contributed by atoms with E-state index in [4.69, 9.17) is 4.74 Å². The monoisotopic (exact) mass is 290 g/mol. The van der Waals surface area contributed by atoms with E-state index in [0.717, 1.165) is 10.9 Å². The van der Waals surface area contributed by atoms with E-state index in [9.17, 15) is 14.7 Å². The first-order valence-corrected chi connectivity index (χ1v) is 6.53. The fraction of sp³-hybridized carbons (Fsp3) is 0.333. The van der Waals surface area contributed by atoms with Gasteiger partial charge in [-0.3, -0.25) is 0 Å². The highest BCUT2D eigenvalue weighted by molar-refractivity contribution is 5.97. The largest absolute Gasteiger partial charge is 0.477 e. The van der Waals surface area contributed by atoms with Crippen LogP contribution in [-0.2, 0) is 4.74 Å². The van der Waals surface area contributed by atoms with Gasteiger partial charge in [-0.1, -0.05) is 12.1 Å². The van der Waals surface area contributed by atoms with E-state index in [2.05, 4.69) is 5.43 Å². The van der Waals surface area contributed by atoms with Gasteiger partial charge in [-0.2, -0.15) is 0 Å². The summed E-state index contributed by atoms with van der Waals surface area (Å²) in [6.07, 6.45) is -0.705. The maximum Gasteiger partial charge on any atom is 0.426 e. The Morgan fingerprint density at radius 1 is 1.29 bits per heavy atom. The lowest BCUT2D eigenvalue weighted by molar-refractivity contribution is 0.0611. The number of aryl methyl sites for hydroxylation is 1. The summed E-state index contributed by atoms with van der Waals surface area (Å²) < 4.78 is 6.40. The van der Waals surface area contributed by atoms with Crippen molar-refractivity contribution >= 4 is 23.0 Å². The predicted molar refractivity (Wildman–Crippen MR) is 79.2 cm³/mol. The second kappa shape index (κ2) is 5.12. The SMILES string of the molecule is Cc1cccc2c1cc(C(=O)O)n2NC(=O)OC(C)(C)C. The third-order valence-electron chi connectivity index (χ3n) is 2.89. The number of aromatic nitrogens is 1. The number of rotatable bonds is 2. The molecule has 2 aromatic rings. The zero-order valence-corrected chi connectivity index (χ0v) is 12.4. The first kappa shape index (κ1) is 14.9. The summed E-state index contributed by atoms with van der Waals surface area (Å²) in [6, 6.07) is 6.96. The van der Waals surface area contributed by atoms with Gasteiger partial charge in [0.15, 0.2) is 0 Å². The fourth-order valence-corrected chi connectivity index (χ4v) is 2.05. The highest BCUT2D eigenvalue weighted by Gasteiger charge is 2.21. The van der Waals surface area contributed by atoms with E-state index in [-0.39, 0.29) is 5.69 Å². The van der Waals surface area contributed by atoms with Gasteiger partial charge < -0.3 is 9.84 Å². The number of carboxylic acid groups (broad SMARTS) is 1. The Bertz CT molecular complexity index is 710. The second-order valence-corrected chi connectivity index (χ2v) is 5.79. The van der Waals surface area contributed by atoms with Crippen molar-refractivity contribution in [3.63, 3.8) is 0 Å². The number of carbonyl (C=O) groups is 2. The molecular formula is C15H18N2O4. The van der Waals surface area contributed by atoms with Gasteiger partial charge in [0, 0.05) is 5.39 Å². The zero-order valence-electron chi connectivity index (χ0n) is 12.4. The van der Waals surface area contributed by atoms with Crippen molar-refractivity contribution in [3.05, 3.63) is 35.5 Å². The van der Waals surface area contributed by atoms with Crippen molar-refractivity contribution in [2.45, 2.75) is 33.3 Å². The lowest BCUT2D eigenvalue weighted by Crippen LogP contribution is -2.32. The van der Waals surface area contributed by atoms with Gasteiger partial charge in [0.1, 0.15) is 11.3 Å². The molecule has 1 amide bonds. The van der Waals surface area contributed by atoms with Crippen molar-refractivity contribution in [2.24, 2.45) is 0 Å². The molecular weight excluding hydrogens is 272 g/mol. The third-order valence-corrected chi connectivity index (χ3v) is 2.89. The Morgan fingerprint density at radius 3 is 2.52 bits per heavy atom. The number of benzene rings is 1. The molecule has 0 unspecified atom stereocenters. The number of amides is 1. The summed E-state index contributed by atoms with van der Waals surface area (Å²) in [7, 11) is 0. The molecule has 1 aromatic carbocycles. The molecule has 2 N–H and O–H groups in total. The Labute approximate surface area is 122 Å². The van der Waals surface area contributed by atoms with Crippen LogP contribution in [0.4, 0.5) is 4.79 Å². The number of aromatic carboxylic acids is 1. The number of fused-ring (bicyclic) bond motifs is 1. The van der Waals surface area contributed by atoms with Crippen molar-refractivity contribution in [3.8, 4) is 0 Å². The van der Waals surface area contributed by atoms with E-state index < -0.39 is 17.7 Å². The maximum atomic E-state index is 11.9. The Morgan fingerprint density at radius 2 is 1.95 bits per heavy atom. The molecule has 0 saturated carbocycles. The Kier molecular flexibility index (Phi) is 3.63. The van der Waals surface area contributed by atoms with Crippen LogP contribution < -0.4 is 5.43 Å². The summed E-state index contributed by atoms with van der Waals surface area (Å²) in [5.41, 5.74) is 3.33. The number of hydrogen-bond donors (Lipinski definition) is 2. The van der Waals surface area contributed by atoms with Crippen LogP contribution in [0, 0.1) is 6.92 Å². The van der Waals surface area contributed by atoms with Crippen LogP contribution >= 0.6 is 0 Å². The first-order chi connectivity index (χ1) is 9.69. The van der Waals surface area contributed by atoms with Crippen molar-refractivity contribution < 1.29 is 19.4 Å². The molecule has 2 rings (SSSR count). The summed E-state index contributed by atoms with van der Waals surface area (Å²) in [5, 5.41) is 10.1. The van der Waals surface area contributed by atoms with Gasteiger partial charge >= 0.3 is 12.1 Å². The normalized spacial score (nSPS) is 11.4. The van der Waals surface area contributed by atoms with Crippen LogP contribution in [0.2, 0.25) is 0 Å². The molecule has 6 heteroatoms. The average molecular weight is 290 g/mol. The molecule has 6 nitrogen and oxygen atoms in total. The van der Waals surface area contributed by atoms with E-state index in [1.54, 1.807) is 32.9 Å². The van der Waals surface area contributed by atoms with Gasteiger partial charge in [-0.25, -0.2) is 19.7 Å². The number of carbonyl (C=O) groups excluding carboxylic acids is 1. The van der Waals surface area contributed by atoms with E-state index in [1.807, 2.05) is 13.0 Å². The van der Waals surface area contributed by atoms with Crippen molar-refractivity contribution in [2.75, 3.05) is 5.43 Å². The van der Waals surface area contributed by atoms with Crippen LogP contribution in [0.1, 0.15) is 36.8 Å². The highest BCUT2D eigenvalue weighted by Crippen LogP contribution is 2.22. The molecule has 0 saturated heterocycles. The quantitative estimate of drug-likeness (QED) is 0.890. The molecule has 21 heavy (non-hydrogen) atoms. The highest BCUT2D eigenvalue weighted by atomic mass is 16.6. The zero-order chi connectivity index (χ0) is 15.8. The molecule has 0 radical (unpaired) electrons. The lowest BCUT2D eigenvalue weighted by atomic mass is 10.1. The van der Waals surface area contributed by atoms with E-state index in [0.29, 0.717) is 5.52 Å². The topological polar surface area (TPSA) is 80.6 Å². The van der Waals surface area contributed by atoms with Gasteiger partial charge in [-0.15, -0.1) is 0 Å². The molecule has 0 aliphatic heterocycles. The first-order valence-electron chi connectivity index (χ1n) is 6.53. The Hall–Kier alpha value is -2.50. The van der Waals surface area contributed by atoms with Gasteiger partial charge in [0.05, 0.1) is 5.52 Å². The minimum Gasteiger partial charge on any atom is -0.477 e. The van der Waals surface area contributed by atoms with Crippen molar-refractivity contribution in [1.29, 1.82) is 0 Å². The minimum atomic E-state index is -1.12. The van der Waals surface area contributed by atoms with Gasteiger partial charge in [0.25, 0.3) is 0 Å². The molecule has 1 heterocycles. The van der Waals surface area contributed by atoms with E-state index >= 15 is 0 Å². The molecule has 112 valence electrons.